The number of halogens is 1. The van der Waals surface area contributed by atoms with Crippen molar-refractivity contribution in [1.29, 1.82) is 0 Å². The summed E-state index contributed by atoms with van der Waals surface area (Å²) in [7, 11) is 0. The number of aromatic amines is 1. The number of rotatable bonds is 1. The van der Waals surface area contributed by atoms with Gasteiger partial charge in [-0.15, -0.1) is 0 Å². The lowest BCUT2D eigenvalue weighted by Crippen LogP contribution is -2.26. The third-order valence-corrected chi connectivity index (χ3v) is 3.56. The van der Waals surface area contributed by atoms with E-state index in [2.05, 4.69) is 26.3 Å². The van der Waals surface area contributed by atoms with E-state index < -0.39 is 0 Å². The highest BCUT2D eigenvalue weighted by atomic mass is 79.9. The number of hydrogen-bond donors (Lipinski definition) is 2. The van der Waals surface area contributed by atoms with Crippen LogP contribution < -0.4 is 10.9 Å². The molecule has 17 heavy (non-hydrogen) atoms. The van der Waals surface area contributed by atoms with Gasteiger partial charge in [0.1, 0.15) is 0 Å². The lowest BCUT2D eigenvalue weighted by atomic mass is 10.1. The molecule has 2 heterocycles. The van der Waals surface area contributed by atoms with Crippen molar-refractivity contribution in [1.82, 2.24) is 15.1 Å². The van der Waals surface area contributed by atoms with E-state index in [4.69, 9.17) is 0 Å². The molecule has 0 radical (unpaired) electrons. The standard InChI is InChI=1S/C12H12BrN3O/c13-8-1-3-9(4-2-8)16-11-5-6-14-7-10(11)12(17)15-16/h1-4,14H,5-7H2,(H,15,17). The summed E-state index contributed by atoms with van der Waals surface area (Å²) >= 11 is 3.41. The maximum atomic E-state index is 11.8. The largest absolute Gasteiger partial charge is 0.312 e. The summed E-state index contributed by atoms with van der Waals surface area (Å²) in [6, 6.07) is 7.92. The highest BCUT2D eigenvalue weighted by Crippen LogP contribution is 2.17. The molecular weight excluding hydrogens is 282 g/mol. The van der Waals surface area contributed by atoms with Crippen LogP contribution >= 0.6 is 15.9 Å². The molecule has 1 aliphatic heterocycles. The first kappa shape index (κ1) is 10.8. The highest BCUT2D eigenvalue weighted by molar-refractivity contribution is 9.10. The molecule has 1 aromatic heterocycles. The fourth-order valence-corrected chi connectivity index (χ4v) is 2.44. The van der Waals surface area contributed by atoms with E-state index in [0.29, 0.717) is 6.54 Å². The zero-order valence-electron chi connectivity index (χ0n) is 9.16. The minimum atomic E-state index is 0.00937. The quantitative estimate of drug-likeness (QED) is 0.839. The van der Waals surface area contributed by atoms with Gasteiger partial charge in [-0.1, -0.05) is 15.9 Å². The van der Waals surface area contributed by atoms with Gasteiger partial charge in [-0.25, -0.2) is 0 Å². The number of hydrogen-bond acceptors (Lipinski definition) is 2. The summed E-state index contributed by atoms with van der Waals surface area (Å²) in [6.07, 6.45) is 0.879. The molecule has 0 unspecified atom stereocenters. The first-order valence-electron chi connectivity index (χ1n) is 5.55. The Balaban J connectivity index is 2.15. The van der Waals surface area contributed by atoms with Crippen LogP contribution in [-0.2, 0) is 13.0 Å². The van der Waals surface area contributed by atoms with Crippen LogP contribution in [-0.4, -0.2) is 16.3 Å². The Labute approximate surface area is 107 Å². The molecule has 0 fully saturated rings. The maximum Gasteiger partial charge on any atom is 0.269 e. The number of fused-ring (bicyclic) bond motifs is 1. The molecule has 2 N–H and O–H groups in total. The number of H-pyrrole nitrogens is 1. The van der Waals surface area contributed by atoms with E-state index in [-0.39, 0.29) is 5.56 Å². The Bertz CT molecular complexity index is 597. The molecule has 0 amide bonds. The average molecular weight is 294 g/mol. The Morgan fingerprint density at radius 3 is 2.76 bits per heavy atom. The van der Waals surface area contributed by atoms with E-state index in [1.165, 1.54) is 0 Å². The van der Waals surface area contributed by atoms with Crippen LogP contribution in [0.15, 0.2) is 33.5 Å². The van der Waals surface area contributed by atoms with Crippen molar-refractivity contribution >= 4 is 15.9 Å². The van der Waals surface area contributed by atoms with Crippen molar-refractivity contribution in [3.05, 3.63) is 50.3 Å². The predicted molar refractivity (Wildman–Crippen MR) is 69.5 cm³/mol. The summed E-state index contributed by atoms with van der Waals surface area (Å²) in [5, 5.41) is 6.11. The molecule has 4 nitrogen and oxygen atoms in total. The van der Waals surface area contributed by atoms with Crippen LogP contribution in [0.4, 0.5) is 0 Å². The molecule has 3 rings (SSSR count). The third-order valence-electron chi connectivity index (χ3n) is 3.03. The van der Waals surface area contributed by atoms with Gasteiger partial charge in [0.25, 0.3) is 5.56 Å². The van der Waals surface area contributed by atoms with Crippen LogP contribution in [0.1, 0.15) is 11.3 Å². The fourth-order valence-electron chi connectivity index (χ4n) is 2.18. The van der Waals surface area contributed by atoms with Crippen molar-refractivity contribution in [3.63, 3.8) is 0 Å². The molecule has 0 saturated heterocycles. The summed E-state index contributed by atoms with van der Waals surface area (Å²) in [5.41, 5.74) is 2.96. The van der Waals surface area contributed by atoms with Gasteiger partial charge in [0, 0.05) is 24.0 Å². The van der Waals surface area contributed by atoms with Gasteiger partial charge in [-0.2, -0.15) is 0 Å². The second-order valence-electron chi connectivity index (χ2n) is 4.10. The van der Waals surface area contributed by atoms with Crippen LogP contribution in [0.2, 0.25) is 0 Å². The Kier molecular flexibility index (Phi) is 2.64. The fraction of sp³-hybridized carbons (Fsp3) is 0.250. The third kappa shape index (κ3) is 1.85. The molecule has 0 atom stereocenters. The topological polar surface area (TPSA) is 49.8 Å². The van der Waals surface area contributed by atoms with Crippen molar-refractivity contribution in [3.8, 4) is 5.69 Å². The molecule has 88 valence electrons. The number of nitrogens with one attached hydrogen (secondary N) is 2. The van der Waals surface area contributed by atoms with Gasteiger partial charge in [0.15, 0.2) is 0 Å². The van der Waals surface area contributed by atoms with E-state index in [0.717, 1.165) is 34.4 Å². The number of nitrogens with zero attached hydrogens (tertiary/aromatic N) is 1. The van der Waals surface area contributed by atoms with Crippen molar-refractivity contribution in [2.24, 2.45) is 0 Å². The van der Waals surface area contributed by atoms with Gasteiger partial charge in [0.2, 0.25) is 0 Å². The smallest absolute Gasteiger partial charge is 0.269 e. The molecule has 0 aliphatic carbocycles. The molecule has 2 aromatic rings. The Morgan fingerprint density at radius 1 is 1.24 bits per heavy atom. The highest BCUT2D eigenvalue weighted by Gasteiger charge is 2.18. The minimum Gasteiger partial charge on any atom is -0.312 e. The molecule has 0 saturated carbocycles. The number of benzene rings is 1. The first-order valence-corrected chi connectivity index (χ1v) is 6.34. The van der Waals surface area contributed by atoms with Gasteiger partial charge in [-0.3, -0.25) is 14.6 Å². The zero-order chi connectivity index (χ0) is 11.8. The van der Waals surface area contributed by atoms with Crippen LogP contribution in [0.25, 0.3) is 5.69 Å². The van der Waals surface area contributed by atoms with Crippen molar-refractivity contribution < 1.29 is 0 Å². The van der Waals surface area contributed by atoms with Crippen LogP contribution in [0, 0.1) is 0 Å². The summed E-state index contributed by atoms with van der Waals surface area (Å²) in [6.45, 7) is 1.58. The molecular formula is C12H12BrN3O. The van der Waals surface area contributed by atoms with E-state index >= 15 is 0 Å². The van der Waals surface area contributed by atoms with E-state index in [1.807, 2.05) is 28.9 Å². The second-order valence-corrected chi connectivity index (χ2v) is 5.02. The molecule has 5 heteroatoms. The first-order chi connectivity index (χ1) is 8.25. The van der Waals surface area contributed by atoms with Gasteiger partial charge in [0.05, 0.1) is 16.9 Å². The Hall–Kier alpha value is -1.33. The maximum absolute atomic E-state index is 11.8. The average Bonchev–Trinajstić information content (AvgIpc) is 2.69. The van der Waals surface area contributed by atoms with Gasteiger partial charge in [-0.05, 0) is 24.3 Å². The SMILES string of the molecule is O=c1[nH]n(-c2ccc(Br)cc2)c2c1CNCC2. The lowest BCUT2D eigenvalue weighted by Gasteiger charge is -2.15. The van der Waals surface area contributed by atoms with Crippen LogP contribution in [0.3, 0.4) is 0 Å². The normalized spacial score (nSPS) is 14.6. The van der Waals surface area contributed by atoms with Gasteiger partial charge >= 0.3 is 0 Å². The van der Waals surface area contributed by atoms with E-state index in [9.17, 15) is 4.79 Å². The molecule has 0 bridgehead atoms. The van der Waals surface area contributed by atoms with E-state index in [1.54, 1.807) is 0 Å². The van der Waals surface area contributed by atoms with Gasteiger partial charge < -0.3 is 5.32 Å². The Morgan fingerprint density at radius 2 is 2.00 bits per heavy atom. The summed E-state index contributed by atoms with van der Waals surface area (Å²) < 4.78 is 2.93. The zero-order valence-corrected chi connectivity index (χ0v) is 10.8. The summed E-state index contributed by atoms with van der Waals surface area (Å²) in [5.74, 6) is 0. The predicted octanol–water partition coefficient (Wildman–Crippen LogP) is 1.57. The molecule has 1 aliphatic rings. The molecule has 1 aromatic carbocycles. The minimum absolute atomic E-state index is 0.00937. The lowest BCUT2D eigenvalue weighted by molar-refractivity contribution is 0.622. The second kappa shape index (κ2) is 4.16. The van der Waals surface area contributed by atoms with Crippen LogP contribution in [0.5, 0.6) is 0 Å². The van der Waals surface area contributed by atoms with Crippen molar-refractivity contribution in [2.45, 2.75) is 13.0 Å². The molecule has 0 spiro atoms. The van der Waals surface area contributed by atoms with Crippen molar-refractivity contribution in [2.75, 3.05) is 6.54 Å². The monoisotopic (exact) mass is 293 g/mol. The summed E-state index contributed by atoms with van der Waals surface area (Å²) in [4.78, 5) is 11.8. The number of aromatic nitrogens is 2.